The lowest BCUT2D eigenvalue weighted by atomic mass is 10.1. The number of hydrogen-bond donors (Lipinski definition) is 0. The molecular weight excluding hydrogens is 393 g/mol. The molecule has 0 aromatic heterocycles. The van der Waals surface area contributed by atoms with Gasteiger partial charge in [0.15, 0.2) is 10.1 Å². The molecule has 0 spiro atoms. The van der Waals surface area contributed by atoms with Crippen LogP contribution in [0.3, 0.4) is 0 Å². The van der Waals surface area contributed by atoms with Gasteiger partial charge in [0.1, 0.15) is 0 Å². The highest BCUT2D eigenvalue weighted by molar-refractivity contribution is 7.86. The highest BCUT2D eigenvalue weighted by Crippen LogP contribution is 2.38. The van der Waals surface area contributed by atoms with Gasteiger partial charge in [-0.05, 0) is 12.8 Å². The van der Waals surface area contributed by atoms with Gasteiger partial charge in [-0.2, -0.15) is 22.0 Å². The van der Waals surface area contributed by atoms with E-state index >= 15 is 0 Å². The maximum atomic E-state index is 11.4. The molecule has 0 saturated carbocycles. The van der Waals surface area contributed by atoms with Crippen molar-refractivity contribution in [1.29, 1.82) is 0 Å². The van der Waals surface area contributed by atoms with Crippen LogP contribution in [0.5, 0.6) is 0 Å². The molecule has 0 saturated heterocycles. The number of alkyl halides is 5. The van der Waals surface area contributed by atoms with E-state index in [0.717, 1.165) is 4.48 Å². The molecule has 0 aliphatic rings. The topological polar surface area (TPSA) is 57.2 Å². The second-order valence-electron chi connectivity index (χ2n) is 7.66. The zero-order chi connectivity index (χ0) is 21.8. The quantitative estimate of drug-likeness (QED) is 0.184. The summed E-state index contributed by atoms with van der Waals surface area (Å²) in [5.74, 6) is 0. The fourth-order valence-electron chi connectivity index (χ4n) is 2.22. The second kappa shape index (κ2) is 12.9. The van der Waals surface area contributed by atoms with Gasteiger partial charge in [-0.1, -0.05) is 58.3 Å². The van der Waals surface area contributed by atoms with E-state index in [0.29, 0.717) is 0 Å². The van der Waals surface area contributed by atoms with Gasteiger partial charge >= 0.3 is 11.4 Å². The van der Waals surface area contributed by atoms with Crippen molar-refractivity contribution in [2.24, 2.45) is 0 Å². The Hall–Kier alpha value is -0.480. The second-order valence-corrected chi connectivity index (χ2v) is 9.09. The minimum Gasteiger partial charge on any atom is -0.743 e. The molecule has 0 unspecified atom stereocenters. The molecule has 4 nitrogen and oxygen atoms in total. The number of unbranched alkanes of at least 4 members (excludes halogenated alkanes) is 9. The van der Waals surface area contributed by atoms with E-state index in [9.17, 15) is 34.9 Å². The Morgan fingerprint density at radius 3 is 1.30 bits per heavy atom. The van der Waals surface area contributed by atoms with Gasteiger partial charge in [-0.15, -0.1) is 0 Å². The van der Waals surface area contributed by atoms with Crippen LogP contribution in [-0.2, 0) is 10.1 Å². The Morgan fingerprint density at radius 1 is 0.741 bits per heavy atom. The molecule has 10 heteroatoms. The van der Waals surface area contributed by atoms with Crippen molar-refractivity contribution >= 4 is 10.1 Å². The van der Waals surface area contributed by atoms with Crippen LogP contribution in [0, 0.1) is 0 Å². The van der Waals surface area contributed by atoms with Gasteiger partial charge in [-0.3, -0.25) is 0 Å². The van der Waals surface area contributed by atoms with Crippen molar-refractivity contribution < 1.29 is 39.4 Å². The van der Waals surface area contributed by atoms with Crippen LogP contribution in [0.15, 0.2) is 0 Å². The van der Waals surface area contributed by atoms with Crippen LogP contribution >= 0.6 is 0 Å². The SMILES string of the molecule is CCCCCCCCCCCC[N+](C)(C)C.O=S(=O)([O-])C(F)(F)C(F)(F)F. The molecule has 0 aliphatic carbocycles. The van der Waals surface area contributed by atoms with Crippen LogP contribution in [0.1, 0.15) is 71.1 Å². The Labute approximate surface area is 160 Å². The van der Waals surface area contributed by atoms with Gasteiger partial charge in [0.05, 0.1) is 27.7 Å². The van der Waals surface area contributed by atoms with E-state index in [1.54, 1.807) is 0 Å². The minimum absolute atomic E-state index is 1.12. The Bertz CT molecular complexity index is 474. The van der Waals surface area contributed by atoms with E-state index < -0.39 is 21.5 Å². The summed E-state index contributed by atoms with van der Waals surface area (Å²) in [5.41, 5.74) is 0. The average Bonchev–Trinajstić information content (AvgIpc) is 2.46. The van der Waals surface area contributed by atoms with Crippen molar-refractivity contribution in [3.05, 3.63) is 0 Å². The third-order valence-electron chi connectivity index (χ3n) is 3.83. The van der Waals surface area contributed by atoms with Crippen molar-refractivity contribution in [2.45, 2.75) is 82.6 Å². The number of halogens is 5. The molecule has 0 aliphatic heterocycles. The molecule has 0 fully saturated rings. The number of quaternary nitrogens is 1. The molecule has 0 amide bonds. The molecule has 0 atom stereocenters. The number of nitrogens with zero attached hydrogens (tertiary/aromatic N) is 1. The zero-order valence-electron chi connectivity index (χ0n) is 16.7. The predicted octanol–water partition coefficient (Wildman–Crippen LogP) is 5.30. The summed E-state index contributed by atoms with van der Waals surface area (Å²) in [7, 11) is 0.188. The smallest absolute Gasteiger partial charge is 0.468 e. The first-order valence-electron chi connectivity index (χ1n) is 9.26. The summed E-state index contributed by atoms with van der Waals surface area (Å²) in [5, 5.41) is -6.21. The lowest BCUT2D eigenvalue weighted by molar-refractivity contribution is -0.870. The van der Waals surface area contributed by atoms with Gasteiger partial charge in [-0.25, -0.2) is 8.42 Å². The van der Waals surface area contributed by atoms with E-state index in [1.165, 1.54) is 70.8 Å². The van der Waals surface area contributed by atoms with E-state index in [1.807, 2.05) is 0 Å². The molecule has 0 aromatic carbocycles. The first-order chi connectivity index (χ1) is 12.1. The van der Waals surface area contributed by atoms with Crippen LogP contribution in [0.4, 0.5) is 22.0 Å². The molecule has 0 bridgehead atoms. The molecule has 0 heterocycles. The van der Waals surface area contributed by atoms with E-state index in [4.69, 9.17) is 0 Å². The Balaban J connectivity index is 0. The highest BCUT2D eigenvalue weighted by Gasteiger charge is 2.63. The summed E-state index contributed by atoms with van der Waals surface area (Å²) in [6, 6.07) is 0. The van der Waals surface area contributed by atoms with Crippen molar-refractivity contribution in [3.63, 3.8) is 0 Å². The fourth-order valence-corrected chi connectivity index (χ4v) is 2.50. The molecule has 0 N–H and O–H groups in total. The molecular formula is C17H34F5NO3S. The van der Waals surface area contributed by atoms with Crippen molar-refractivity contribution in [1.82, 2.24) is 0 Å². The maximum absolute atomic E-state index is 11.4. The van der Waals surface area contributed by atoms with Crippen LogP contribution in [0.2, 0.25) is 0 Å². The Kier molecular flexibility index (Phi) is 13.7. The first-order valence-corrected chi connectivity index (χ1v) is 10.7. The Morgan fingerprint density at radius 2 is 1.07 bits per heavy atom. The molecule has 0 radical (unpaired) electrons. The van der Waals surface area contributed by atoms with Gasteiger partial charge < -0.3 is 9.04 Å². The normalized spacial score (nSPS) is 13.3. The standard InChI is InChI=1S/C15H34N.C2HF5O3S/c1-5-6-7-8-9-10-11-12-13-14-15-16(2,3)4;3-1(4,5)2(6,7)11(8,9)10/h5-15H2,1-4H3;(H,8,9,10)/q+1;/p-1. The molecule has 0 aromatic rings. The van der Waals surface area contributed by atoms with Gasteiger partial charge in [0.2, 0.25) is 0 Å². The fraction of sp³-hybridized carbons (Fsp3) is 1.00. The summed E-state index contributed by atoms with van der Waals surface area (Å²) >= 11 is 0. The van der Waals surface area contributed by atoms with Gasteiger partial charge in [0, 0.05) is 0 Å². The molecule has 166 valence electrons. The van der Waals surface area contributed by atoms with Crippen LogP contribution < -0.4 is 0 Å². The predicted molar refractivity (Wildman–Crippen MR) is 95.4 cm³/mol. The number of rotatable bonds is 12. The third kappa shape index (κ3) is 15.2. The lowest BCUT2D eigenvalue weighted by Gasteiger charge is -2.23. The van der Waals surface area contributed by atoms with Crippen molar-refractivity contribution in [2.75, 3.05) is 27.7 Å². The summed E-state index contributed by atoms with van der Waals surface area (Å²) in [6.07, 6.45) is 8.05. The minimum atomic E-state index is -6.67. The monoisotopic (exact) mass is 427 g/mol. The average molecular weight is 428 g/mol. The summed E-state index contributed by atoms with van der Waals surface area (Å²) in [6.45, 7) is 3.62. The maximum Gasteiger partial charge on any atom is 0.468 e. The van der Waals surface area contributed by atoms with E-state index in [2.05, 4.69) is 28.1 Å². The van der Waals surface area contributed by atoms with E-state index in [-0.39, 0.29) is 0 Å². The lowest BCUT2D eigenvalue weighted by Crippen LogP contribution is -2.43. The van der Waals surface area contributed by atoms with Crippen molar-refractivity contribution in [3.8, 4) is 0 Å². The highest BCUT2D eigenvalue weighted by atomic mass is 32.2. The first kappa shape index (κ1) is 28.7. The zero-order valence-corrected chi connectivity index (χ0v) is 17.6. The van der Waals surface area contributed by atoms with Crippen LogP contribution in [-0.4, -0.2) is 56.6 Å². The number of hydrogen-bond acceptors (Lipinski definition) is 3. The summed E-state index contributed by atoms with van der Waals surface area (Å²) < 4.78 is 84.8. The van der Waals surface area contributed by atoms with Gasteiger partial charge in [0.25, 0.3) is 0 Å². The summed E-state index contributed by atoms with van der Waals surface area (Å²) in [4.78, 5) is 0. The molecule has 27 heavy (non-hydrogen) atoms. The third-order valence-corrected chi connectivity index (χ3v) is 4.69. The molecule has 0 rings (SSSR count). The largest absolute Gasteiger partial charge is 0.743 e. The van der Waals surface area contributed by atoms with Crippen LogP contribution in [0.25, 0.3) is 0 Å².